The van der Waals surface area contributed by atoms with Gasteiger partial charge in [-0.05, 0) is 24.3 Å². The van der Waals surface area contributed by atoms with Gasteiger partial charge in [-0.3, -0.25) is 4.79 Å². The average molecular weight is 299 g/mol. The van der Waals surface area contributed by atoms with Crippen LogP contribution in [-0.4, -0.2) is 20.7 Å². The standard InChI is InChI=1S/C15H10FN3OS/c16-12-8-4-7-11(9-12)13-17-18-15(21)19(13)14(20)10-5-2-1-3-6-10/h1-9H,(H,18,21). The Bertz CT molecular complexity index is 802. The monoisotopic (exact) mass is 299 g/mol. The van der Waals surface area contributed by atoms with Crippen molar-refractivity contribution < 1.29 is 9.18 Å². The molecule has 0 unspecified atom stereocenters. The number of benzene rings is 2. The van der Waals surface area contributed by atoms with Gasteiger partial charge in [-0.15, -0.1) is 22.8 Å². The molecule has 0 aliphatic rings. The summed E-state index contributed by atoms with van der Waals surface area (Å²) in [5.74, 6) is -0.465. The molecule has 0 radical (unpaired) electrons. The Kier molecular flexibility index (Phi) is 3.53. The zero-order valence-electron chi connectivity index (χ0n) is 10.8. The summed E-state index contributed by atoms with van der Waals surface area (Å²) in [7, 11) is 0. The smallest absolute Gasteiger partial charge is 0.265 e. The lowest BCUT2D eigenvalue weighted by molar-refractivity contribution is 0.0952. The molecule has 0 aliphatic carbocycles. The number of hydrogen-bond acceptors (Lipinski definition) is 4. The average Bonchev–Trinajstić information content (AvgIpc) is 2.89. The summed E-state index contributed by atoms with van der Waals surface area (Å²) in [6.07, 6.45) is 0. The molecule has 4 nitrogen and oxygen atoms in total. The predicted molar refractivity (Wildman–Crippen MR) is 78.8 cm³/mol. The largest absolute Gasteiger partial charge is 0.268 e. The zero-order valence-corrected chi connectivity index (χ0v) is 11.7. The van der Waals surface area contributed by atoms with Crippen molar-refractivity contribution in [1.82, 2.24) is 14.8 Å². The van der Waals surface area contributed by atoms with Crippen LogP contribution in [0.3, 0.4) is 0 Å². The van der Waals surface area contributed by atoms with E-state index >= 15 is 0 Å². The van der Waals surface area contributed by atoms with Crippen molar-refractivity contribution >= 4 is 18.5 Å². The summed E-state index contributed by atoms with van der Waals surface area (Å²) in [5, 5.41) is 7.88. The fraction of sp³-hybridized carbons (Fsp3) is 0. The molecular formula is C15H10FN3OS. The molecule has 0 amide bonds. The number of halogens is 1. The number of carbonyl (C=O) groups excluding carboxylic acids is 1. The maximum atomic E-state index is 13.4. The van der Waals surface area contributed by atoms with E-state index in [1.165, 1.54) is 16.7 Å². The van der Waals surface area contributed by atoms with Crippen LogP contribution in [0, 0.1) is 5.82 Å². The van der Waals surface area contributed by atoms with Gasteiger partial charge in [-0.25, -0.2) is 8.96 Å². The van der Waals surface area contributed by atoms with Crippen LogP contribution in [0.2, 0.25) is 0 Å². The number of thiol groups is 1. The highest BCUT2D eigenvalue weighted by atomic mass is 32.1. The third-order valence-electron chi connectivity index (χ3n) is 2.95. The van der Waals surface area contributed by atoms with Crippen LogP contribution in [0.1, 0.15) is 10.4 Å². The lowest BCUT2D eigenvalue weighted by atomic mass is 10.2. The van der Waals surface area contributed by atoms with E-state index in [1.54, 1.807) is 36.4 Å². The third-order valence-corrected chi connectivity index (χ3v) is 3.24. The van der Waals surface area contributed by atoms with Gasteiger partial charge in [0.2, 0.25) is 0 Å². The molecule has 6 heteroatoms. The third kappa shape index (κ3) is 2.57. The second-order valence-electron chi connectivity index (χ2n) is 4.34. The second-order valence-corrected chi connectivity index (χ2v) is 4.74. The van der Waals surface area contributed by atoms with E-state index in [0.29, 0.717) is 11.1 Å². The van der Waals surface area contributed by atoms with Gasteiger partial charge in [0.25, 0.3) is 5.91 Å². The fourth-order valence-electron chi connectivity index (χ4n) is 1.99. The van der Waals surface area contributed by atoms with Gasteiger partial charge in [0, 0.05) is 11.1 Å². The molecule has 3 rings (SSSR count). The van der Waals surface area contributed by atoms with Crippen molar-refractivity contribution in [3.8, 4) is 11.4 Å². The molecule has 21 heavy (non-hydrogen) atoms. The van der Waals surface area contributed by atoms with E-state index in [0.717, 1.165) is 0 Å². The molecule has 0 atom stereocenters. The predicted octanol–water partition coefficient (Wildman–Crippen LogP) is 3.06. The molecule has 104 valence electrons. The van der Waals surface area contributed by atoms with E-state index in [1.807, 2.05) is 6.07 Å². The van der Waals surface area contributed by atoms with Crippen LogP contribution in [0.4, 0.5) is 4.39 Å². The molecule has 0 N–H and O–H groups in total. The highest BCUT2D eigenvalue weighted by Gasteiger charge is 2.19. The fourth-order valence-corrected chi connectivity index (χ4v) is 2.22. The Labute approximate surface area is 125 Å². The molecule has 0 saturated carbocycles. The Morgan fingerprint density at radius 1 is 1.05 bits per heavy atom. The molecule has 2 aromatic carbocycles. The van der Waals surface area contributed by atoms with Crippen LogP contribution in [0.15, 0.2) is 59.8 Å². The topological polar surface area (TPSA) is 47.8 Å². The number of carbonyl (C=O) groups is 1. The summed E-state index contributed by atoms with van der Waals surface area (Å²) >= 11 is 4.16. The summed E-state index contributed by atoms with van der Waals surface area (Å²) in [6, 6.07) is 14.5. The SMILES string of the molecule is O=C(c1ccccc1)n1c(S)nnc1-c1cccc(F)c1. The maximum Gasteiger partial charge on any atom is 0.265 e. The van der Waals surface area contributed by atoms with Crippen molar-refractivity contribution in [1.29, 1.82) is 0 Å². The number of hydrogen-bond donors (Lipinski definition) is 1. The molecular weight excluding hydrogens is 289 g/mol. The Hall–Kier alpha value is -2.47. The Morgan fingerprint density at radius 3 is 2.52 bits per heavy atom. The zero-order chi connectivity index (χ0) is 14.8. The van der Waals surface area contributed by atoms with E-state index in [4.69, 9.17) is 0 Å². The van der Waals surface area contributed by atoms with Gasteiger partial charge in [-0.2, -0.15) is 0 Å². The first-order valence-electron chi connectivity index (χ1n) is 6.17. The minimum Gasteiger partial charge on any atom is -0.268 e. The van der Waals surface area contributed by atoms with Gasteiger partial charge in [0.05, 0.1) is 0 Å². The van der Waals surface area contributed by atoms with E-state index in [2.05, 4.69) is 22.8 Å². The lowest BCUT2D eigenvalue weighted by Gasteiger charge is -2.07. The lowest BCUT2D eigenvalue weighted by Crippen LogP contribution is -2.14. The highest BCUT2D eigenvalue weighted by molar-refractivity contribution is 7.80. The Morgan fingerprint density at radius 2 is 1.81 bits per heavy atom. The first-order valence-corrected chi connectivity index (χ1v) is 6.61. The van der Waals surface area contributed by atoms with Crippen LogP contribution < -0.4 is 0 Å². The number of rotatable bonds is 2. The van der Waals surface area contributed by atoms with Gasteiger partial charge in [-0.1, -0.05) is 30.3 Å². The van der Waals surface area contributed by atoms with Gasteiger partial charge < -0.3 is 0 Å². The normalized spacial score (nSPS) is 10.6. The van der Waals surface area contributed by atoms with E-state index < -0.39 is 5.82 Å². The van der Waals surface area contributed by atoms with Crippen LogP contribution in [-0.2, 0) is 0 Å². The van der Waals surface area contributed by atoms with Crippen LogP contribution >= 0.6 is 12.6 Å². The van der Waals surface area contributed by atoms with Crippen molar-refractivity contribution in [3.63, 3.8) is 0 Å². The molecule has 0 fully saturated rings. The minimum atomic E-state index is -0.407. The summed E-state index contributed by atoms with van der Waals surface area (Å²) < 4.78 is 14.6. The summed E-state index contributed by atoms with van der Waals surface area (Å²) in [6.45, 7) is 0. The minimum absolute atomic E-state index is 0.156. The summed E-state index contributed by atoms with van der Waals surface area (Å²) in [4.78, 5) is 12.5. The van der Waals surface area contributed by atoms with Crippen LogP contribution in [0.5, 0.6) is 0 Å². The van der Waals surface area contributed by atoms with Gasteiger partial charge >= 0.3 is 0 Å². The molecule has 0 spiro atoms. The van der Waals surface area contributed by atoms with Crippen LogP contribution in [0.25, 0.3) is 11.4 Å². The molecule has 1 aromatic heterocycles. The van der Waals surface area contributed by atoms with Gasteiger partial charge in [0.1, 0.15) is 5.82 Å². The second kappa shape index (κ2) is 5.49. The number of aromatic nitrogens is 3. The summed E-state index contributed by atoms with van der Waals surface area (Å²) in [5.41, 5.74) is 0.942. The van der Waals surface area contributed by atoms with Gasteiger partial charge in [0.15, 0.2) is 11.0 Å². The van der Waals surface area contributed by atoms with E-state index in [-0.39, 0.29) is 16.9 Å². The molecule has 0 bridgehead atoms. The Balaban J connectivity index is 2.12. The first kappa shape index (κ1) is 13.5. The van der Waals surface area contributed by atoms with Crippen molar-refractivity contribution in [2.24, 2.45) is 0 Å². The molecule has 0 aliphatic heterocycles. The number of nitrogens with zero attached hydrogens (tertiary/aromatic N) is 3. The molecule has 0 saturated heterocycles. The first-order chi connectivity index (χ1) is 10.2. The van der Waals surface area contributed by atoms with E-state index in [9.17, 15) is 9.18 Å². The van der Waals surface area contributed by atoms with Crippen molar-refractivity contribution in [3.05, 3.63) is 66.0 Å². The maximum absolute atomic E-state index is 13.4. The molecule has 3 aromatic rings. The quantitative estimate of drug-likeness (QED) is 0.740. The highest BCUT2D eigenvalue weighted by Crippen LogP contribution is 2.22. The molecule has 1 heterocycles. The van der Waals surface area contributed by atoms with Crippen molar-refractivity contribution in [2.45, 2.75) is 5.16 Å². The van der Waals surface area contributed by atoms with Crippen molar-refractivity contribution in [2.75, 3.05) is 0 Å².